The Labute approximate surface area is 148 Å². The van der Waals surface area contributed by atoms with E-state index in [0.29, 0.717) is 5.56 Å². The van der Waals surface area contributed by atoms with Crippen molar-refractivity contribution < 1.29 is 19.4 Å². The van der Waals surface area contributed by atoms with E-state index in [0.717, 1.165) is 21.2 Å². The summed E-state index contributed by atoms with van der Waals surface area (Å²) >= 11 is 1.62. The van der Waals surface area contributed by atoms with Crippen LogP contribution < -0.4 is 4.90 Å². The van der Waals surface area contributed by atoms with Crippen LogP contribution in [0.4, 0.5) is 11.4 Å². The first-order valence-corrected chi connectivity index (χ1v) is 8.74. The largest absolute Gasteiger partial charge is 0.507 e. The van der Waals surface area contributed by atoms with Crippen LogP contribution in [0.15, 0.2) is 57.8 Å². The Balaban J connectivity index is 1.87. The SMILES string of the molecule is CCOC(=O)C(=O)C1=C(O)c2cccc3c2N(C1)c1ccccc1S3. The zero-order valence-corrected chi connectivity index (χ0v) is 14.3. The summed E-state index contributed by atoms with van der Waals surface area (Å²) < 4.78 is 4.81. The predicted molar refractivity (Wildman–Crippen MR) is 95.2 cm³/mol. The van der Waals surface area contributed by atoms with Gasteiger partial charge in [0.1, 0.15) is 5.76 Å². The van der Waals surface area contributed by atoms with Crippen LogP contribution in [0, 0.1) is 0 Å². The molecular weight excluding hydrogens is 338 g/mol. The van der Waals surface area contributed by atoms with Gasteiger partial charge in [0, 0.05) is 15.4 Å². The molecule has 4 rings (SSSR count). The average Bonchev–Trinajstić information content (AvgIpc) is 2.63. The number of para-hydroxylation sites is 2. The van der Waals surface area contributed by atoms with Crippen molar-refractivity contribution in [1.29, 1.82) is 0 Å². The van der Waals surface area contributed by atoms with Crippen LogP contribution in [-0.4, -0.2) is 30.0 Å². The number of esters is 1. The standard InChI is InChI=1S/C19H15NO4S/c1-2-24-19(23)18(22)12-10-20-13-7-3-4-8-14(13)25-15-9-5-6-11(16(15)20)17(12)21/h3-9,21H,2,10H2,1H3. The highest BCUT2D eigenvalue weighted by Gasteiger charge is 2.36. The molecule has 2 heterocycles. The van der Waals surface area contributed by atoms with Crippen molar-refractivity contribution in [2.75, 3.05) is 18.1 Å². The molecule has 2 aromatic carbocycles. The van der Waals surface area contributed by atoms with Crippen LogP contribution >= 0.6 is 11.8 Å². The lowest BCUT2D eigenvalue weighted by Crippen LogP contribution is -2.33. The van der Waals surface area contributed by atoms with E-state index in [4.69, 9.17) is 4.74 Å². The molecular formula is C19H15NO4S. The number of carbonyl (C=O) groups excluding carboxylic acids is 2. The summed E-state index contributed by atoms with van der Waals surface area (Å²) in [6, 6.07) is 13.4. The monoisotopic (exact) mass is 353 g/mol. The Morgan fingerprint density at radius 2 is 1.92 bits per heavy atom. The number of aliphatic hydroxyl groups is 1. The van der Waals surface area contributed by atoms with E-state index in [1.165, 1.54) is 0 Å². The van der Waals surface area contributed by atoms with Crippen LogP contribution in [0.2, 0.25) is 0 Å². The summed E-state index contributed by atoms with van der Waals surface area (Å²) in [6.45, 7) is 1.88. The van der Waals surface area contributed by atoms with E-state index in [9.17, 15) is 14.7 Å². The van der Waals surface area contributed by atoms with Crippen molar-refractivity contribution in [3.63, 3.8) is 0 Å². The lowest BCUT2D eigenvalue weighted by molar-refractivity contribution is -0.151. The summed E-state index contributed by atoms with van der Waals surface area (Å²) in [5.41, 5.74) is 2.43. The zero-order chi connectivity index (χ0) is 17.6. The van der Waals surface area contributed by atoms with Gasteiger partial charge in [-0.2, -0.15) is 0 Å². The van der Waals surface area contributed by atoms with Crippen molar-refractivity contribution in [3.05, 3.63) is 53.6 Å². The molecule has 25 heavy (non-hydrogen) atoms. The summed E-state index contributed by atoms with van der Waals surface area (Å²) in [5.74, 6) is -1.89. The van der Waals surface area contributed by atoms with Gasteiger partial charge in [-0.3, -0.25) is 4.79 Å². The van der Waals surface area contributed by atoms with E-state index >= 15 is 0 Å². The number of ketones is 1. The van der Waals surface area contributed by atoms with Gasteiger partial charge in [0.25, 0.3) is 5.78 Å². The minimum absolute atomic E-state index is 0.0600. The second-order valence-electron chi connectivity index (χ2n) is 5.69. The first-order chi connectivity index (χ1) is 12.1. The molecule has 0 fully saturated rings. The number of carbonyl (C=O) groups is 2. The highest BCUT2D eigenvalue weighted by molar-refractivity contribution is 7.99. The maximum Gasteiger partial charge on any atom is 0.379 e. The Bertz CT molecular complexity index is 935. The number of anilines is 2. The molecule has 6 heteroatoms. The van der Waals surface area contributed by atoms with Crippen molar-refractivity contribution in [1.82, 2.24) is 0 Å². The number of Topliss-reactive ketones (excluding diaryl/α,β-unsaturated/α-hetero) is 1. The fourth-order valence-corrected chi connectivity index (χ4v) is 4.27. The number of fused-ring (bicyclic) bond motifs is 2. The van der Waals surface area contributed by atoms with Crippen LogP contribution in [-0.2, 0) is 14.3 Å². The molecule has 0 spiro atoms. The molecule has 126 valence electrons. The number of hydrogen-bond donors (Lipinski definition) is 1. The second-order valence-corrected chi connectivity index (χ2v) is 6.77. The fraction of sp³-hybridized carbons (Fsp3) is 0.158. The summed E-state index contributed by atoms with van der Waals surface area (Å²) in [6.07, 6.45) is 0. The maximum absolute atomic E-state index is 12.5. The minimum atomic E-state index is -0.941. The maximum atomic E-state index is 12.5. The molecule has 0 saturated carbocycles. The first kappa shape index (κ1) is 15.8. The van der Waals surface area contributed by atoms with E-state index in [2.05, 4.69) is 0 Å². The first-order valence-electron chi connectivity index (χ1n) is 7.93. The van der Waals surface area contributed by atoms with Gasteiger partial charge in [0.2, 0.25) is 0 Å². The Morgan fingerprint density at radius 1 is 1.16 bits per heavy atom. The van der Waals surface area contributed by atoms with Gasteiger partial charge in [-0.15, -0.1) is 0 Å². The molecule has 0 radical (unpaired) electrons. The molecule has 0 atom stereocenters. The van der Waals surface area contributed by atoms with Crippen LogP contribution in [0.25, 0.3) is 5.76 Å². The molecule has 0 saturated heterocycles. The number of ether oxygens (including phenoxy) is 1. The quantitative estimate of drug-likeness (QED) is 0.670. The molecule has 0 amide bonds. The van der Waals surface area contributed by atoms with E-state index in [-0.39, 0.29) is 24.5 Å². The second kappa shape index (κ2) is 5.97. The van der Waals surface area contributed by atoms with Gasteiger partial charge >= 0.3 is 5.97 Å². The molecule has 2 aliphatic heterocycles. The smallest absolute Gasteiger partial charge is 0.379 e. The number of aliphatic hydroxyl groups excluding tert-OH is 1. The Hall–Kier alpha value is -2.73. The minimum Gasteiger partial charge on any atom is -0.507 e. The Kier molecular flexibility index (Phi) is 3.77. The number of hydrogen-bond acceptors (Lipinski definition) is 6. The molecule has 0 unspecified atom stereocenters. The van der Waals surface area contributed by atoms with E-state index in [1.807, 2.05) is 41.3 Å². The lowest BCUT2D eigenvalue weighted by Gasteiger charge is -2.37. The van der Waals surface area contributed by atoms with Gasteiger partial charge in [-0.05, 0) is 31.2 Å². The Morgan fingerprint density at radius 3 is 2.72 bits per heavy atom. The van der Waals surface area contributed by atoms with Crippen LogP contribution in [0.3, 0.4) is 0 Å². The topological polar surface area (TPSA) is 66.8 Å². The summed E-state index contributed by atoms with van der Waals surface area (Å²) in [4.78, 5) is 28.4. The molecule has 2 aromatic rings. The molecule has 0 aromatic heterocycles. The molecule has 5 nitrogen and oxygen atoms in total. The van der Waals surface area contributed by atoms with Crippen molar-refractivity contribution in [2.45, 2.75) is 16.7 Å². The van der Waals surface area contributed by atoms with Crippen molar-refractivity contribution in [3.8, 4) is 0 Å². The lowest BCUT2D eigenvalue weighted by atomic mass is 9.96. The van der Waals surface area contributed by atoms with Gasteiger partial charge in [-0.25, -0.2) is 4.79 Å². The van der Waals surface area contributed by atoms with Crippen LogP contribution in [0.5, 0.6) is 0 Å². The molecule has 0 bridgehead atoms. The van der Waals surface area contributed by atoms with Crippen LogP contribution in [0.1, 0.15) is 12.5 Å². The molecule has 2 aliphatic rings. The number of benzene rings is 2. The van der Waals surface area contributed by atoms with Gasteiger partial charge in [0.15, 0.2) is 0 Å². The average molecular weight is 353 g/mol. The van der Waals surface area contributed by atoms with E-state index in [1.54, 1.807) is 24.8 Å². The van der Waals surface area contributed by atoms with Crippen molar-refractivity contribution in [2.24, 2.45) is 0 Å². The van der Waals surface area contributed by atoms with E-state index < -0.39 is 11.8 Å². The third-order valence-electron chi connectivity index (χ3n) is 4.24. The predicted octanol–water partition coefficient (Wildman–Crippen LogP) is 3.70. The number of rotatable bonds is 3. The highest BCUT2D eigenvalue weighted by Crippen LogP contribution is 2.52. The third kappa shape index (κ3) is 2.41. The summed E-state index contributed by atoms with van der Waals surface area (Å²) in [5, 5.41) is 10.6. The molecule has 1 N–H and O–H groups in total. The van der Waals surface area contributed by atoms with Crippen molar-refractivity contribution >= 4 is 40.6 Å². The van der Waals surface area contributed by atoms with Gasteiger partial charge in [-0.1, -0.05) is 30.0 Å². The van der Waals surface area contributed by atoms with Gasteiger partial charge in [0.05, 0.1) is 30.1 Å². The molecule has 0 aliphatic carbocycles. The fourth-order valence-electron chi connectivity index (χ4n) is 3.14. The highest BCUT2D eigenvalue weighted by atomic mass is 32.2. The van der Waals surface area contributed by atoms with Gasteiger partial charge < -0.3 is 14.7 Å². The normalized spacial score (nSPS) is 14.7. The summed E-state index contributed by atoms with van der Waals surface area (Å²) in [7, 11) is 0. The third-order valence-corrected chi connectivity index (χ3v) is 5.35. The zero-order valence-electron chi connectivity index (χ0n) is 13.5. The number of nitrogens with zero attached hydrogens (tertiary/aromatic N) is 1.